The van der Waals surface area contributed by atoms with E-state index in [0.29, 0.717) is 6.61 Å². The van der Waals surface area contributed by atoms with Gasteiger partial charge in [-0.25, -0.2) is 4.98 Å². The summed E-state index contributed by atoms with van der Waals surface area (Å²) in [5.74, 6) is 1.62. The van der Waals surface area contributed by atoms with Gasteiger partial charge in [0.2, 0.25) is 5.95 Å². The fourth-order valence-electron chi connectivity index (χ4n) is 2.27. The standard InChI is InChI=1S/C17H19N3O/c1-4-21-14-7-5-13(6-8-14)18-17-19-15-9-11(2)12(3)10-16(15)20-17/h5-10H,4H2,1-3H3,(H2,18,19,20). The molecule has 4 heteroatoms. The van der Waals surface area contributed by atoms with Crippen LogP contribution < -0.4 is 10.1 Å². The molecule has 0 amide bonds. The number of hydrogen-bond acceptors (Lipinski definition) is 3. The molecule has 0 saturated carbocycles. The van der Waals surface area contributed by atoms with Gasteiger partial charge in [0.05, 0.1) is 17.6 Å². The molecule has 1 aromatic heterocycles. The fourth-order valence-corrected chi connectivity index (χ4v) is 2.27. The average molecular weight is 281 g/mol. The second-order valence-corrected chi connectivity index (χ2v) is 5.12. The van der Waals surface area contributed by atoms with Crippen LogP contribution in [0.2, 0.25) is 0 Å². The van der Waals surface area contributed by atoms with Crippen LogP contribution in [-0.4, -0.2) is 16.6 Å². The van der Waals surface area contributed by atoms with Gasteiger partial charge in [0, 0.05) is 5.69 Å². The minimum atomic E-state index is 0.676. The van der Waals surface area contributed by atoms with Gasteiger partial charge >= 0.3 is 0 Å². The summed E-state index contributed by atoms with van der Waals surface area (Å²) >= 11 is 0. The van der Waals surface area contributed by atoms with Crippen molar-refractivity contribution in [1.29, 1.82) is 0 Å². The number of nitrogens with zero attached hydrogens (tertiary/aromatic N) is 1. The molecule has 0 radical (unpaired) electrons. The van der Waals surface area contributed by atoms with Crippen molar-refractivity contribution >= 4 is 22.7 Å². The molecule has 0 bridgehead atoms. The van der Waals surface area contributed by atoms with Crippen molar-refractivity contribution in [1.82, 2.24) is 9.97 Å². The van der Waals surface area contributed by atoms with Gasteiger partial charge in [-0.2, -0.15) is 0 Å². The van der Waals surface area contributed by atoms with Crippen LogP contribution in [-0.2, 0) is 0 Å². The Bertz CT molecular complexity index is 721. The Morgan fingerprint density at radius 3 is 2.52 bits per heavy atom. The van der Waals surface area contributed by atoms with Gasteiger partial charge in [0.15, 0.2) is 0 Å². The van der Waals surface area contributed by atoms with Crippen LogP contribution in [0, 0.1) is 13.8 Å². The number of benzene rings is 2. The van der Waals surface area contributed by atoms with Crippen LogP contribution in [0.3, 0.4) is 0 Å². The van der Waals surface area contributed by atoms with E-state index in [0.717, 1.165) is 28.4 Å². The van der Waals surface area contributed by atoms with E-state index >= 15 is 0 Å². The molecule has 2 aromatic carbocycles. The number of anilines is 2. The molecule has 0 saturated heterocycles. The molecule has 0 fully saturated rings. The molecule has 1 heterocycles. The second kappa shape index (κ2) is 5.48. The van der Waals surface area contributed by atoms with E-state index in [2.05, 4.69) is 41.3 Å². The predicted molar refractivity (Wildman–Crippen MR) is 86.5 cm³/mol. The topological polar surface area (TPSA) is 49.9 Å². The molecule has 2 N–H and O–H groups in total. The summed E-state index contributed by atoms with van der Waals surface area (Å²) in [7, 11) is 0. The van der Waals surface area contributed by atoms with E-state index in [9.17, 15) is 0 Å². The van der Waals surface area contributed by atoms with Gasteiger partial charge in [0.1, 0.15) is 5.75 Å². The van der Waals surface area contributed by atoms with Gasteiger partial charge in [-0.05, 0) is 68.3 Å². The maximum absolute atomic E-state index is 5.43. The number of ether oxygens (including phenoxy) is 1. The third-order valence-corrected chi connectivity index (χ3v) is 3.53. The highest BCUT2D eigenvalue weighted by atomic mass is 16.5. The first-order chi connectivity index (χ1) is 10.2. The van der Waals surface area contributed by atoms with Gasteiger partial charge in [-0.15, -0.1) is 0 Å². The van der Waals surface area contributed by atoms with Crippen LogP contribution in [0.1, 0.15) is 18.1 Å². The van der Waals surface area contributed by atoms with Crippen LogP contribution >= 0.6 is 0 Å². The number of aromatic amines is 1. The summed E-state index contributed by atoms with van der Waals surface area (Å²) in [6.45, 7) is 6.86. The van der Waals surface area contributed by atoms with Crippen molar-refractivity contribution in [2.75, 3.05) is 11.9 Å². The lowest BCUT2D eigenvalue weighted by Gasteiger charge is -2.05. The third kappa shape index (κ3) is 2.84. The summed E-state index contributed by atoms with van der Waals surface area (Å²) in [6.07, 6.45) is 0. The van der Waals surface area contributed by atoms with E-state index in [1.165, 1.54) is 11.1 Å². The zero-order valence-corrected chi connectivity index (χ0v) is 12.5. The number of imidazole rings is 1. The Morgan fingerprint density at radius 1 is 1.10 bits per heavy atom. The number of hydrogen-bond donors (Lipinski definition) is 2. The first kappa shape index (κ1) is 13.5. The Kier molecular flexibility index (Phi) is 3.52. The Morgan fingerprint density at radius 2 is 1.81 bits per heavy atom. The first-order valence-electron chi connectivity index (χ1n) is 7.12. The van der Waals surface area contributed by atoms with Crippen LogP contribution in [0.15, 0.2) is 36.4 Å². The lowest BCUT2D eigenvalue weighted by atomic mass is 10.1. The maximum atomic E-state index is 5.43. The summed E-state index contributed by atoms with van der Waals surface area (Å²) in [5.41, 5.74) is 5.52. The van der Waals surface area contributed by atoms with Crippen LogP contribution in [0.4, 0.5) is 11.6 Å². The number of aromatic nitrogens is 2. The zero-order chi connectivity index (χ0) is 14.8. The molecule has 4 nitrogen and oxygen atoms in total. The average Bonchev–Trinajstić information content (AvgIpc) is 2.83. The number of rotatable bonds is 4. The molecule has 108 valence electrons. The van der Waals surface area contributed by atoms with Crippen molar-refractivity contribution in [3.63, 3.8) is 0 Å². The van der Waals surface area contributed by atoms with Crippen molar-refractivity contribution in [3.05, 3.63) is 47.5 Å². The highest BCUT2D eigenvalue weighted by Gasteiger charge is 2.05. The Labute approximate surface area is 124 Å². The summed E-state index contributed by atoms with van der Waals surface area (Å²) in [4.78, 5) is 7.87. The smallest absolute Gasteiger partial charge is 0.205 e. The lowest BCUT2D eigenvalue weighted by molar-refractivity contribution is 0.340. The highest BCUT2D eigenvalue weighted by Crippen LogP contribution is 2.22. The van der Waals surface area contributed by atoms with Gasteiger partial charge in [-0.3, -0.25) is 0 Å². The highest BCUT2D eigenvalue weighted by molar-refractivity contribution is 5.80. The molecule has 0 aliphatic rings. The van der Waals surface area contributed by atoms with E-state index in [1.54, 1.807) is 0 Å². The fraction of sp³-hybridized carbons (Fsp3) is 0.235. The first-order valence-corrected chi connectivity index (χ1v) is 7.12. The zero-order valence-electron chi connectivity index (χ0n) is 12.5. The monoisotopic (exact) mass is 281 g/mol. The summed E-state index contributed by atoms with van der Waals surface area (Å²) in [6, 6.07) is 12.1. The number of nitrogens with one attached hydrogen (secondary N) is 2. The number of aryl methyl sites for hydroxylation is 2. The van der Waals surface area contributed by atoms with Crippen molar-refractivity contribution in [3.8, 4) is 5.75 Å². The lowest BCUT2D eigenvalue weighted by Crippen LogP contribution is -1.94. The van der Waals surface area contributed by atoms with E-state index < -0.39 is 0 Å². The predicted octanol–water partition coefficient (Wildman–Crippen LogP) is 4.32. The molecule has 0 aliphatic carbocycles. The Hall–Kier alpha value is -2.49. The van der Waals surface area contributed by atoms with E-state index in [4.69, 9.17) is 4.74 Å². The van der Waals surface area contributed by atoms with E-state index in [1.807, 2.05) is 31.2 Å². The molecular weight excluding hydrogens is 262 g/mol. The minimum Gasteiger partial charge on any atom is -0.494 e. The van der Waals surface area contributed by atoms with Gasteiger partial charge in [-0.1, -0.05) is 0 Å². The minimum absolute atomic E-state index is 0.676. The largest absolute Gasteiger partial charge is 0.494 e. The molecule has 0 unspecified atom stereocenters. The quantitative estimate of drug-likeness (QED) is 0.748. The van der Waals surface area contributed by atoms with Gasteiger partial charge < -0.3 is 15.0 Å². The maximum Gasteiger partial charge on any atom is 0.205 e. The van der Waals surface area contributed by atoms with E-state index in [-0.39, 0.29) is 0 Å². The van der Waals surface area contributed by atoms with Crippen molar-refractivity contribution in [2.45, 2.75) is 20.8 Å². The summed E-state index contributed by atoms with van der Waals surface area (Å²) < 4.78 is 5.43. The SMILES string of the molecule is CCOc1ccc(Nc2nc3cc(C)c(C)cc3[nH]2)cc1. The molecule has 3 rings (SSSR count). The molecule has 21 heavy (non-hydrogen) atoms. The molecular formula is C17H19N3O. The molecule has 3 aromatic rings. The third-order valence-electron chi connectivity index (χ3n) is 3.53. The normalized spacial score (nSPS) is 10.8. The summed E-state index contributed by atoms with van der Waals surface area (Å²) in [5, 5.41) is 3.28. The number of fused-ring (bicyclic) bond motifs is 1. The Balaban J connectivity index is 1.84. The second-order valence-electron chi connectivity index (χ2n) is 5.12. The van der Waals surface area contributed by atoms with Crippen molar-refractivity contribution < 1.29 is 4.74 Å². The van der Waals surface area contributed by atoms with Crippen LogP contribution in [0.25, 0.3) is 11.0 Å². The molecule has 0 spiro atoms. The van der Waals surface area contributed by atoms with Crippen LogP contribution in [0.5, 0.6) is 5.75 Å². The molecule has 0 aliphatic heterocycles. The number of H-pyrrole nitrogens is 1. The van der Waals surface area contributed by atoms with Crippen molar-refractivity contribution in [2.24, 2.45) is 0 Å². The molecule has 0 atom stereocenters. The van der Waals surface area contributed by atoms with Gasteiger partial charge in [0.25, 0.3) is 0 Å².